The predicted octanol–water partition coefficient (Wildman–Crippen LogP) is 3.47. The molecule has 0 saturated carbocycles. The fourth-order valence-corrected chi connectivity index (χ4v) is 1.92. The summed E-state index contributed by atoms with van der Waals surface area (Å²) in [4.78, 5) is 0. The number of rotatable bonds is 5. The molecule has 3 nitrogen and oxygen atoms in total. The summed E-state index contributed by atoms with van der Waals surface area (Å²) in [6.45, 7) is 1.81. The summed E-state index contributed by atoms with van der Waals surface area (Å²) in [7, 11) is 1.59. The van der Waals surface area contributed by atoms with Gasteiger partial charge in [0.1, 0.15) is 23.9 Å². The van der Waals surface area contributed by atoms with Gasteiger partial charge in [-0.25, -0.2) is 4.39 Å². The van der Waals surface area contributed by atoms with Gasteiger partial charge in [-0.2, -0.15) is 0 Å². The monoisotopic (exact) mass is 276 g/mol. The van der Waals surface area contributed by atoms with Gasteiger partial charge in [0.15, 0.2) is 0 Å². The fraction of sp³-hybridized carbons (Fsp3) is 0.250. The van der Waals surface area contributed by atoms with Crippen molar-refractivity contribution in [2.75, 3.05) is 7.11 Å². The van der Waals surface area contributed by atoms with Crippen LogP contribution in [-0.2, 0) is 6.61 Å². The zero-order valence-electron chi connectivity index (χ0n) is 11.5. The van der Waals surface area contributed by atoms with Crippen LogP contribution in [0.2, 0.25) is 0 Å². The highest BCUT2D eigenvalue weighted by molar-refractivity contribution is 5.34. The average molecular weight is 276 g/mol. The Bertz CT molecular complexity index is 582. The number of methoxy groups -OCH3 is 1. The number of para-hydroxylation sites is 1. The zero-order chi connectivity index (χ0) is 14.5. The molecule has 0 aromatic heterocycles. The fourth-order valence-electron chi connectivity index (χ4n) is 1.92. The maximum absolute atomic E-state index is 13.7. The lowest BCUT2D eigenvalue weighted by Gasteiger charge is -2.12. The lowest BCUT2D eigenvalue weighted by Crippen LogP contribution is -2.00. The van der Waals surface area contributed by atoms with Gasteiger partial charge in [0, 0.05) is 17.2 Å². The van der Waals surface area contributed by atoms with Gasteiger partial charge in [0.25, 0.3) is 0 Å². The lowest BCUT2D eigenvalue weighted by atomic mass is 10.1. The highest BCUT2D eigenvalue weighted by atomic mass is 19.1. The first-order valence-corrected chi connectivity index (χ1v) is 6.34. The van der Waals surface area contributed by atoms with E-state index in [1.807, 2.05) is 24.3 Å². The second kappa shape index (κ2) is 6.39. The standard InChI is InChI=1S/C16H17FO3/c1-11(18)14-8-7-13(9-15(14)17)20-10-12-5-3-4-6-16(12)19-2/h3-9,11,18H,10H2,1-2H3. The van der Waals surface area contributed by atoms with E-state index in [1.165, 1.54) is 19.1 Å². The average Bonchev–Trinajstić information content (AvgIpc) is 2.45. The van der Waals surface area contributed by atoms with E-state index < -0.39 is 11.9 Å². The normalized spacial score (nSPS) is 12.0. The number of hydrogen-bond donors (Lipinski definition) is 1. The van der Waals surface area contributed by atoms with Crippen LogP contribution in [-0.4, -0.2) is 12.2 Å². The predicted molar refractivity (Wildman–Crippen MR) is 74.4 cm³/mol. The Morgan fingerprint density at radius 2 is 1.95 bits per heavy atom. The van der Waals surface area contributed by atoms with Crippen molar-refractivity contribution < 1.29 is 19.0 Å². The van der Waals surface area contributed by atoms with E-state index in [0.29, 0.717) is 5.75 Å². The molecular weight excluding hydrogens is 259 g/mol. The van der Waals surface area contributed by atoms with E-state index >= 15 is 0 Å². The highest BCUT2D eigenvalue weighted by Crippen LogP contribution is 2.24. The van der Waals surface area contributed by atoms with E-state index in [0.717, 1.165) is 11.3 Å². The summed E-state index contributed by atoms with van der Waals surface area (Å²) in [6.07, 6.45) is -0.835. The molecule has 4 heteroatoms. The van der Waals surface area contributed by atoms with E-state index in [1.54, 1.807) is 13.2 Å². The SMILES string of the molecule is COc1ccccc1COc1ccc(C(C)O)c(F)c1. The number of halogens is 1. The Hall–Kier alpha value is -2.07. The van der Waals surface area contributed by atoms with E-state index in [4.69, 9.17) is 9.47 Å². The number of ether oxygens (including phenoxy) is 2. The minimum Gasteiger partial charge on any atom is -0.496 e. The molecule has 20 heavy (non-hydrogen) atoms. The Morgan fingerprint density at radius 3 is 2.60 bits per heavy atom. The first-order valence-electron chi connectivity index (χ1n) is 6.34. The number of aliphatic hydroxyl groups is 1. The van der Waals surface area contributed by atoms with Crippen molar-refractivity contribution in [3.8, 4) is 11.5 Å². The summed E-state index contributed by atoms with van der Waals surface area (Å²) >= 11 is 0. The number of aliphatic hydroxyl groups excluding tert-OH is 1. The quantitative estimate of drug-likeness (QED) is 0.908. The van der Waals surface area contributed by atoms with Crippen molar-refractivity contribution in [2.45, 2.75) is 19.6 Å². The first-order chi connectivity index (χ1) is 9.61. The van der Waals surface area contributed by atoms with Crippen LogP contribution in [0.25, 0.3) is 0 Å². The lowest BCUT2D eigenvalue weighted by molar-refractivity contribution is 0.194. The van der Waals surface area contributed by atoms with Crippen molar-refractivity contribution in [1.82, 2.24) is 0 Å². The van der Waals surface area contributed by atoms with Crippen LogP contribution in [0.4, 0.5) is 4.39 Å². The molecule has 0 aliphatic rings. The van der Waals surface area contributed by atoms with Gasteiger partial charge in [-0.05, 0) is 25.1 Å². The largest absolute Gasteiger partial charge is 0.496 e. The van der Waals surface area contributed by atoms with Gasteiger partial charge < -0.3 is 14.6 Å². The maximum Gasteiger partial charge on any atom is 0.132 e. The molecule has 1 atom stereocenters. The van der Waals surface area contributed by atoms with Crippen LogP contribution < -0.4 is 9.47 Å². The minimum atomic E-state index is -0.835. The molecule has 0 heterocycles. The second-order valence-corrected chi connectivity index (χ2v) is 4.46. The van der Waals surface area contributed by atoms with E-state index in [2.05, 4.69) is 0 Å². The van der Waals surface area contributed by atoms with Gasteiger partial charge in [-0.3, -0.25) is 0 Å². The topological polar surface area (TPSA) is 38.7 Å². The van der Waals surface area contributed by atoms with E-state index in [9.17, 15) is 9.50 Å². The molecule has 2 aromatic rings. The van der Waals surface area contributed by atoms with Gasteiger partial charge in [-0.15, -0.1) is 0 Å². The van der Waals surface area contributed by atoms with Crippen LogP contribution in [0.5, 0.6) is 11.5 Å². The van der Waals surface area contributed by atoms with Crippen LogP contribution in [0.3, 0.4) is 0 Å². The van der Waals surface area contributed by atoms with Gasteiger partial charge in [0.2, 0.25) is 0 Å². The highest BCUT2D eigenvalue weighted by Gasteiger charge is 2.09. The smallest absolute Gasteiger partial charge is 0.132 e. The van der Waals surface area contributed by atoms with Crippen molar-refractivity contribution in [3.05, 3.63) is 59.4 Å². The van der Waals surface area contributed by atoms with Crippen molar-refractivity contribution in [3.63, 3.8) is 0 Å². The molecule has 0 bridgehead atoms. The molecule has 0 aliphatic heterocycles. The Kier molecular flexibility index (Phi) is 4.58. The third-order valence-electron chi connectivity index (χ3n) is 3.01. The second-order valence-electron chi connectivity index (χ2n) is 4.46. The van der Waals surface area contributed by atoms with Crippen molar-refractivity contribution >= 4 is 0 Å². The van der Waals surface area contributed by atoms with Crippen LogP contribution in [0.1, 0.15) is 24.2 Å². The molecule has 2 rings (SSSR count). The third kappa shape index (κ3) is 3.27. The Morgan fingerprint density at radius 1 is 1.20 bits per heavy atom. The van der Waals surface area contributed by atoms with Crippen molar-refractivity contribution in [2.24, 2.45) is 0 Å². The molecule has 1 N–H and O–H groups in total. The molecule has 106 valence electrons. The van der Waals surface area contributed by atoms with Gasteiger partial charge in [-0.1, -0.05) is 18.2 Å². The van der Waals surface area contributed by atoms with Crippen LogP contribution >= 0.6 is 0 Å². The summed E-state index contributed by atoms with van der Waals surface area (Å²) in [5, 5.41) is 9.37. The first kappa shape index (κ1) is 14.3. The molecule has 0 spiro atoms. The van der Waals surface area contributed by atoms with Crippen molar-refractivity contribution in [1.29, 1.82) is 0 Å². The Balaban J connectivity index is 2.09. The molecule has 0 aliphatic carbocycles. The summed E-state index contributed by atoms with van der Waals surface area (Å²) in [5.41, 5.74) is 1.14. The van der Waals surface area contributed by atoms with Gasteiger partial charge in [0.05, 0.1) is 13.2 Å². The Labute approximate surface area is 117 Å². The molecule has 0 amide bonds. The van der Waals surface area contributed by atoms with Crippen LogP contribution in [0.15, 0.2) is 42.5 Å². The molecule has 0 radical (unpaired) electrons. The number of hydrogen-bond acceptors (Lipinski definition) is 3. The number of benzene rings is 2. The minimum absolute atomic E-state index is 0.259. The molecular formula is C16H17FO3. The third-order valence-corrected chi connectivity index (χ3v) is 3.01. The molecule has 0 saturated heterocycles. The molecule has 1 unspecified atom stereocenters. The summed E-state index contributed by atoms with van der Waals surface area (Å²) < 4.78 is 24.5. The zero-order valence-corrected chi connectivity index (χ0v) is 11.5. The summed E-state index contributed by atoms with van der Waals surface area (Å²) in [5.74, 6) is 0.670. The summed E-state index contributed by atoms with van der Waals surface area (Å²) in [6, 6.07) is 11.9. The van der Waals surface area contributed by atoms with Gasteiger partial charge >= 0.3 is 0 Å². The maximum atomic E-state index is 13.7. The van der Waals surface area contributed by atoms with Crippen LogP contribution in [0, 0.1) is 5.82 Å². The van der Waals surface area contributed by atoms with E-state index in [-0.39, 0.29) is 12.2 Å². The molecule has 0 fully saturated rings. The molecule has 2 aromatic carbocycles.